The van der Waals surface area contributed by atoms with Crippen LogP contribution in [0.2, 0.25) is 0 Å². The number of amidine groups is 1. The van der Waals surface area contributed by atoms with Crippen LogP contribution in [0.1, 0.15) is 12.8 Å². The van der Waals surface area contributed by atoms with Crippen molar-refractivity contribution in [2.75, 3.05) is 26.3 Å². The fraction of sp³-hybridized carbons (Fsp3) is 0.800. The second-order valence-corrected chi connectivity index (χ2v) is 4.04. The van der Waals surface area contributed by atoms with Gasteiger partial charge in [-0.25, -0.2) is 0 Å². The molecule has 0 fully saturated rings. The monoisotopic (exact) mass is 244 g/mol. The largest absolute Gasteiger partial charge is 0.480 e. The zero-order valence-electron chi connectivity index (χ0n) is 9.76. The third kappa shape index (κ3) is 5.62. The highest BCUT2D eigenvalue weighted by atomic mass is 16.5. The first-order valence-electron chi connectivity index (χ1n) is 5.68. The molecule has 1 heterocycles. The van der Waals surface area contributed by atoms with Crippen molar-refractivity contribution in [3.63, 3.8) is 0 Å². The van der Waals surface area contributed by atoms with E-state index in [-0.39, 0.29) is 12.6 Å². The molecule has 1 aliphatic rings. The molecule has 0 bridgehead atoms. The maximum absolute atomic E-state index is 10.5. The Balaban J connectivity index is 2.17. The van der Waals surface area contributed by atoms with Crippen LogP contribution in [0.3, 0.4) is 0 Å². The van der Waals surface area contributed by atoms with E-state index in [1.54, 1.807) is 0 Å². The third-order valence-electron chi connectivity index (χ3n) is 2.50. The maximum atomic E-state index is 10.5. The summed E-state index contributed by atoms with van der Waals surface area (Å²) in [4.78, 5) is 14.8. The summed E-state index contributed by atoms with van der Waals surface area (Å²) in [6.45, 7) is 2.07. The molecule has 0 saturated heterocycles. The van der Waals surface area contributed by atoms with Crippen LogP contribution in [0.15, 0.2) is 4.99 Å². The first kappa shape index (κ1) is 13.9. The Morgan fingerprint density at radius 2 is 2.47 bits per heavy atom. The van der Waals surface area contributed by atoms with Gasteiger partial charge < -0.3 is 26.6 Å². The van der Waals surface area contributed by atoms with Gasteiger partial charge in [-0.2, -0.15) is 0 Å². The SMILES string of the molecule is NC1=NC(CCNCC(N)C(=O)O)COCC1. The van der Waals surface area contributed by atoms with E-state index < -0.39 is 12.0 Å². The summed E-state index contributed by atoms with van der Waals surface area (Å²) in [7, 11) is 0. The predicted molar refractivity (Wildman–Crippen MR) is 63.9 cm³/mol. The van der Waals surface area contributed by atoms with E-state index in [0.717, 1.165) is 6.42 Å². The van der Waals surface area contributed by atoms with Crippen LogP contribution in [-0.4, -0.2) is 55.3 Å². The number of nitrogens with two attached hydrogens (primary N) is 2. The summed E-state index contributed by atoms with van der Waals surface area (Å²) in [6, 6.07) is -0.819. The standard InChI is InChI=1S/C10H20N4O3/c11-8(10(15)16)5-13-3-1-7-6-17-4-2-9(12)14-7/h7-8,13H,1-6,11H2,(H2,12,14)(H,15,16). The Kier molecular flexibility index (Phi) is 5.88. The average Bonchev–Trinajstić information content (AvgIpc) is 2.48. The van der Waals surface area contributed by atoms with Gasteiger partial charge in [0, 0.05) is 13.0 Å². The number of aliphatic imine (C=N–C) groups is 1. The highest BCUT2D eigenvalue weighted by molar-refractivity contribution is 5.80. The van der Waals surface area contributed by atoms with Crippen molar-refractivity contribution in [1.82, 2.24) is 5.32 Å². The summed E-state index contributed by atoms with van der Waals surface area (Å²) in [5.41, 5.74) is 11.0. The Morgan fingerprint density at radius 3 is 3.18 bits per heavy atom. The van der Waals surface area contributed by atoms with Crippen LogP contribution in [-0.2, 0) is 9.53 Å². The van der Waals surface area contributed by atoms with Gasteiger partial charge in [-0.3, -0.25) is 9.79 Å². The lowest BCUT2D eigenvalue weighted by atomic mass is 10.2. The highest BCUT2D eigenvalue weighted by Gasteiger charge is 2.13. The van der Waals surface area contributed by atoms with E-state index in [9.17, 15) is 4.79 Å². The number of nitrogens with one attached hydrogen (secondary N) is 1. The zero-order chi connectivity index (χ0) is 12.7. The van der Waals surface area contributed by atoms with Crippen molar-refractivity contribution in [2.45, 2.75) is 24.9 Å². The number of carbonyl (C=O) groups is 1. The van der Waals surface area contributed by atoms with Gasteiger partial charge in [-0.1, -0.05) is 0 Å². The summed E-state index contributed by atoms with van der Waals surface area (Å²) < 4.78 is 5.35. The van der Waals surface area contributed by atoms with E-state index in [4.69, 9.17) is 21.3 Å². The lowest BCUT2D eigenvalue weighted by Crippen LogP contribution is -2.41. The Morgan fingerprint density at radius 1 is 1.71 bits per heavy atom. The van der Waals surface area contributed by atoms with Gasteiger partial charge >= 0.3 is 5.97 Å². The molecule has 6 N–H and O–H groups in total. The van der Waals surface area contributed by atoms with Crippen molar-refractivity contribution in [1.29, 1.82) is 0 Å². The molecule has 2 atom stereocenters. The smallest absolute Gasteiger partial charge is 0.321 e. The van der Waals surface area contributed by atoms with E-state index in [2.05, 4.69) is 10.3 Å². The van der Waals surface area contributed by atoms with Crippen LogP contribution in [0.25, 0.3) is 0 Å². The lowest BCUT2D eigenvalue weighted by Gasteiger charge is -2.12. The molecule has 2 unspecified atom stereocenters. The normalized spacial score (nSPS) is 22.6. The molecule has 98 valence electrons. The number of rotatable bonds is 6. The molecule has 0 aromatic heterocycles. The molecule has 0 aliphatic carbocycles. The molecule has 0 saturated carbocycles. The minimum Gasteiger partial charge on any atom is -0.480 e. The molecule has 17 heavy (non-hydrogen) atoms. The average molecular weight is 244 g/mol. The highest BCUT2D eigenvalue weighted by Crippen LogP contribution is 2.04. The second-order valence-electron chi connectivity index (χ2n) is 4.04. The van der Waals surface area contributed by atoms with Crippen molar-refractivity contribution < 1.29 is 14.6 Å². The van der Waals surface area contributed by atoms with Crippen LogP contribution >= 0.6 is 0 Å². The quantitative estimate of drug-likeness (QED) is 0.423. The van der Waals surface area contributed by atoms with E-state index >= 15 is 0 Å². The molecule has 1 aliphatic heterocycles. The molecule has 1 rings (SSSR count). The van der Waals surface area contributed by atoms with Gasteiger partial charge in [-0.05, 0) is 13.0 Å². The predicted octanol–water partition coefficient (Wildman–Crippen LogP) is -1.48. The Bertz CT molecular complexity index is 283. The molecule has 0 amide bonds. The van der Waals surface area contributed by atoms with Gasteiger partial charge in [0.05, 0.1) is 25.1 Å². The second kappa shape index (κ2) is 7.21. The van der Waals surface area contributed by atoms with Crippen molar-refractivity contribution in [3.8, 4) is 0 Å². The molecular formula is C10H20N4O3. The summed E-state index contributed by atoms with van der Waals surface area (Å²) in [5, 5.41) is 11.6. The lowest BCUT2D eigenvalue weighted by molar-refractivity contribution is -0.138. The van der Waals surface area contributed by atoms with Crippen molar-refractivity contribution in [2.24, 2.45) is 16.5 Å². The number of carboxylic acids is 1. The van der Waals surface area contributed by atoms with Crippen molar-refractivity contribution in [3.05, 3.63) is 0 Å². The van der Waals surface area contributed by atoms with E-state index in [1.807, 2.05) is 0 Å². The number of hydrogen-bond acceptors (Lipinski definition) is 6. The Hall–Kier alpha value is -1.18. The molecule has 0 spiro atoms. The minimum absolute atomic E-state index is 0.0473. The minimum atomic E-state index is -1.00. The summed E-state index contributed by atoms with van der Waals surface area (Å²) in [5.74, 6) is -0.382. The first-order valence-corrected chi connectivity index (χ1v) is 5.68. The summed E-state index contributed by atoms with van der Waals surface area (Å²) >= 11 is 0. The van der Waals surface area contributed by atoms with Gasteiger partial charge in [0.25, 0.3) is 0 Å². The molecule has 7 heteroatoms. The van der Waals surface area contributed by atoms with E-state index in [0.29, 0.717) is 32.0 Å². The molecule has 7 nitrogen and oxygen atoms in total. The van der Waals surface area contributed by atoms with Gasteiger partial charge in [0.2, 0.25) is 0 Å². The van der Waals surface area contributed by atoms with Gasteiger partial charge in [0.15, 0.2) is 0 Å². The number of ether oxygens (including phenoxy) is 1. The summed E-state index contributed by atoms with van der Waals surface area (Å²) in [6.07, 6.45) is 1.43. The van der Waals surface area contributed by atoms with Crippen LogP contribution in [0.4, 0.5) is 0 Å². The van der Waals surface area contributed by atoms with Crippen molar-refractivity contribution >= 4 is 11.8 Å². The first-order chi connectivity index (χ1) is 8.09. The van der Waals surface area contributed by atoms with Gasteiger partial charge in [0.1, 0.15) is 6.04 Å². The number of hydrogen-bond donors (Lipinski definition) is 4. The molecular weight excluding hydrogens is 224 g/mol. The topological polar surface area (TPSA) is 123 Å². The molecule has 0 radical (unpaired) electrons. The zero-order valence-corrected chi connectivity index (χ0v) is 9.76. The van der Waals surface area contributed by atoms with Crippen LogP contribution in [0, 0.1) is 0 Å². The number of aliphatic carboxylic acids is 1. The molecule has 0 aromatic rings. The maximum Gasteiger partial charge on any atom is 0.321 e. The van der Waals surface area contributed by atoms with Crippen LogP contribution < -0.4 is 16.8 Å². The van der Waals surface area contributed by atoms with Crippen LogP contribution in [0.5, 0.6) is 0 Å². The Labute approximate surface area is 100 Å². The number of nitrogens with zero attached hydrogens (tertiary/aromatic N) is 1. The fourth-order valence-electron chi connectivity index (χ4n) is 1.49. The molecule has 0 aromatic carbocycles. The third-order valence-corrected chi connectivity index (χ3v) is 2.50. The van der Waals surface area contributed by atoms with E-state index in [1.165, 1.54) is 0 Å². The number of carboxylic acid groups (broad SMARTS) is 1. The fourth-order valence-corrected chi connectivity index (χ4v) is 1.49. The van der Waals surface area contributed by atoms with Gasteiger partial charge in [-0.15, -0.1) is 0 Å².